The topological polar surface area (TPSA) is 92.7 Å². The number of nitrogens with one attached hydrogen (secondary N) is 1. The number of carboxylic acids is 1. The van der Waals surface area contributed by atoms with Gasteiger partial charge in [-0.25, -0.2) is 4.79 Å². The molecule has 0 saturated carbocycles. The first kappa shape index (κ1) is 18.3. The molecule has 0 aromatic rings. The smallest absolute Gasteiger partial charge is 0.328 e. The molecule has 0 aliphatic rings. The van der Waals surface area contributed by atoms with Crippen molar-refractivity contribution in [1.29, 1.82) is 0 Å². The third-order valence-electron chi connectivity index (χ3n) is 2.57. The Labute approximate surface area is 119 Å². The molecule has 1 unspecified atom stereocenters. The molecule has 6 nitrogen and oxygen atoms in total. The second-order valence-corrected chi connectivity index (χ2v) is 5.09. The molecule has 0 aromatic heterocycles. The van der Waals surface area contributed by atoms with Crippen molar-refractivity contribution in [2.24, 2.45) is 11.8 Å². The maximum atomic E-state index is 11.6. The third-order valence-corrected chi connectivity index (χ3v) is 2.57. The molecule has 0 rings (SSSR count). The van der Waals surface area contributed by atoms with Crippen LogP contribution in [0.15, 0.2) is 12.2 Å². The molecule has 1 amide bonds. The zero-order chi connectivity index (χ0) is 15.5. The Balaban J connectivity index is 4.32. The Morgan fingerprint density at radius 3 is 2.40 bits per heavy atom. The lowest BCUT2D eigenvalue weighted by atomic mass is 9.92. The molecule has 0 radical (unpaired) electrons. The number of hydrogen-bond acceptors (Lipinski definition) is 4. The maximum Gasteiger partial charge on any atom is 0.328 e. The van der Waals surface area contributed by atoms with Crippen LogP contribution >= 0.6 is 0 Å². The van der Waals surface area contributed by atoms with Crippen molar-refractivity contribution >= 4 is 17.7 Å². The van der Waals surface area contributed by atoms with Crippen LogP contribution in [0.4, 0.5) is 0 Å². The van der Waals surface area contributed by atoms with Crippen LogP contribution in [-0.2, 0) is 19.1 Å². The van der Waals surface area contributed by atoms with Gasteiger partial charge in [-0.05, 0) is 18.3 Å². The number of amides is 1. The van der Waals surface area contributed by atoms with E-state index < -0.39 is 11.9 Å². The van der Waals surface area contributed by atoms with Gasteiger partial charge in [0, 0.05) is 32.2 Å². The fourth-order valence-electron chi connectivity index (χ4n) is 1.90. The molecular weight excluding hydrogens is 262 g/mol. The summed E-state index contributed by atoms with van der Waals surface area (Å²) in [5.74, 6) is -1.22. The average molecular weight is 285 g/mol. The maximum absolute atomic E-state index is 11.6. The number of ketones is 1. The molecule has 0 spiro atoms. The standard InChI is InChI=1S/C14H23NO5/c1-10(2)6-11(7-12(16)9-20-3)8-15-13(17)4-5-14(18)19/h4-5,10-11H,6-9H2,1-3H3,(H,15,17)(H,18,19)/b5-4+. The quantitative estimate of drug-likeness (QED) is 0.584. The molecule has 0 heterocycles. The number of rotatable bonds is 10. The largest absolute Gasteiger partial charge is 0.478 e. The number of carbonyl (C=O) groups is 3. The van der Waals surface area contributed by atoms with Gasteiger partial charge in [-0.2, -0.15) is 0 Å². The van der Waals surface area contributed by atoms with Crippen LogP contribution in [0, 0.1) is 11.8 Å². The van der Waals surface area contributed by atoms with Gasteiger partial charge in [-0.1, -0.05) is 13.8 Å². The highest BCUT2D eigenvalue weighted by atomic mass is 16.5. The normalized spacial score (nSPS) is 12.6. The number of carbonyl (C=O) groups excluding carboxylic acids is 2. The summed E-state index contributed by atoms with van der Waals surface area (Å²) in [4.78, 5) is 33.2. The average Bonchev–Trinajstić information content (AvgIpc) is 2.33. The zero-order valence-electron chi connectivity index (χ0n) is 12.2. The second kappa shape index (κ2) is 10.1. The summed E-state index contributed by atoms with van der Waals surface area (Å²) in [7, 11) is 1.47. The van der Waals surface area contributed by atoms with Gasteiger partial charge in [0.25, 0.3) is 0 Å². The van der Waals surface area contributed by atoms with Gasteiger partial charge in [0.05, 0.1) is 0 Å². The van der Waals surface area contributed by atoms with Crippen LogP contribution < -0.4 is 5.32 Å². The van der Waals surface area contributed by atoms with Crippen LogP contribution in [-0.4, -0.2) is 43.0 Å². The van der Waals surface area contributed by atoms with E-state index in [1.165, 1.54) is 7.11 Å². The minimum absolute atomic E-state index is 0.00604. The van der Waals surface area contributed by atoms with Crippen LogP contribution in [0.2, 0.25) is 0 Å². The van der Waals surface area contributed by atoms with E-state index in [9.17, 15) is 14.4 Å². The number of methoxy groups -OCH3 is 1. The summed E-state index contributed by atoms with van der Waals surface area (Å²) < 4.78 is 4.79. The lowest BCUT2D eigenvalue weighted by Gasteiger charge is -2.18. The van der Waals surface area contributed by atoms with Crippen molar-refractivity contribution in [1.82, 2.24) is 5.32 Å². The highest BCUT2D eigenvalue weighted by Gasteiger charge is 2.16. The van der Waals surface area contributed by atoms with Crippen molar-refractivity contribution in [2.75, 3.05) is 20.3 Å². The van der Waals surface area contributed by atoms with Crippen LogP contribution in [0.1, 0.15) is 26.7 Å². The Bertz CT molecular complexity index is 363. The van der Waals surface area contributed by atoms with E-state index >= 15 is 0 Å². The first-order valence-corrected chi connectivity index (χ1v) is 6.54. The summed E-state index contributed by atoms with van der Waals surface area (Å²) in [6.45, 7) is 4.50. The van der Waals surface area contributed by atoms with Crippen molar-refractivity contribution in [3.8, 4) is 0 Å². The van der Waals surface area contributed by atoms with Crippen molar-refractivity contribution in [3.05, 3.63) is 12.2 Å². The lowest BCUT2D eigenvalue weighted by Crippen LogP contribution is -2.30. The Kier molecular flexibility index (Phi) is 9.28. The third kappa shape index (κ3) is 10.3. The van der Waals surface area contributed by atoms with E-state index in [1.807, 2.05) is 13.8 Å². The monoisotopic (exact) mass is 285 g/mol. The van der Waals surface area contributed by atoms with E-state index in [4.69, 9.17) is 9.84 Å². The van der Waals surface area contributed by atoms with Gasteiger partial charge in [-0.3, -0.25) is 9.59 Å². The van der Waals surface area contributed by atoms with Crippen LogP contribution in [0.25, 0.3) is 0 Å². The fraction of sp³-hybridized carbons (Fsp3) is 0.643. The first-order chi connectivity index (χ1) is 9.35. The van der Waals surface area contributed by atoms with E-state index in [1.54, 1.807) is 0 Å². The molecule has 20 heavy (non-hydrogen) atoms. The van der Waals surface area contributed by atoms with Crippen molar-refractivity contribution in [3.63, 3.8) is 0 Å². The molecule has 114 valence electrons. The van der Waals surface area contributed by atoms with Gasteiger partial charge in [0.1, 0.15) is 6.61 Å². The van der Waals surface area contributed by atoms with E-state index in [-0.39, 0.29) is 18.3 Å². The predicted molar refractivity (Wildman–Crippen MR) is 74.2 cm³/mol. The van der Waals surface area contributed by atoms with E-state index in [2.05, 4.69) is 5.32 Å². The van der Waals surface area contributed by atoms with Gasteiger partial charge >= 0.3 is 5.97 Å². The summed E-state index contributed by atoms with van der Waals surface area (Å²) >= 11 is 0. The second-order valence-electron chi connectivity index (χ2n) is 5.09. The molecule has 0 aliphatic carbocycles. The van der Waals surface area contributed by atoms with E-state index in [0.29, 0.717) is 18.9 Å². The molecule has 0 aliphatic heterocycles. The van der Waals surface area contributed by atoms with Crippen molar-refractivity contribution in [2.45, 2.75) is 26.7 Å². The zero-order valence-corrected chi connectivity index (χ0v) is 12.2. The summed E-state index contributed by atoms with van der Waals surface area (Å²) in [6.07, 6.45) is 2.89. The molecular formula is C14H23NO5. The minimum Gasteiger partial charge on any atom is -0.478 e. The Hall–Kier alpha value is -1.69. The van der Waals surface area contributed by atoms with Gasteiger partial charge in [-0.15, -0.1) is 0 Å². The molecule has 0 saturated heterocycles. The number of hydrogen-bond donors (Lipinski definition) is 2. The lowest BCUT2D eigenvalue weighted by molar-refractivity contribution is -0.131. The van der Waals surface area contributed by atoms with Gasteiger partial charge < -0.3 is 15.2 Å². The predicted octanol–water partition coefficient (Wildman–Crippen LogP) is 1.01. The Morgan fingerprint density at radius 1 is 1.25 bits per heavy atom. The molecule has 0 bridgehead atoms. The van der Waals surface area contributed by atoms with Crippen molar-refractivity contribution < 1.29 is 24.2 Å². The van der Waals surface area contributed by atoms with Gasteiger partial charge in [0.2, 0.25) is 5.91 Å². The van der Waals surface area contributed by atoms with Crippen LogP contribution in [0.3, 0.4) is 0 Å². The fourth-order valence-corrected chi connectivity index (χ4v) is 1.90. The highest BCUT2D eigenvalue weighted by molar-refractivity contribution is 5.93. The first-order valence-electron chi connectivity index (χ1n) is 6.54. The molecule has 2 N–H and O–H groups in total. The SMILES string of the molecule is COCC(=O)CC(CNC(=O)/C=C/C(=O)O)CC(C)C. The summed E-state index contributed by atoms with van der Waals surface area (Å²) in [6, 6.07) is 0. The number of Topliss-reactive ketones (excluding diaryl/α,β-unsaturated/α-hetero) is 1. The molecule has 6 heteroatoms. The molecule has 1 atom stereocenters. The van der Waals surface area contributed by atoms with Crippen LogP contribution in [0.5, 0.6) is 0 Å². The number of ether oxygens (including phenoxy) is 1. The Morgan fingerprint density at radius 2 is 1.90 bits per heavy atom. The highest BCUT2D eigenvalue weighted by Crippen LogP contribution is 2.15. The number of carboxylic acid groups (broad SMARTS) is 1. The molecule has 0 aromatic carbocycles. The summed E-state index contributed by atoms with van der Waals surface area (Å²) in [5.41, 5.74) is 0. The minimum atomic E-state index is -1.17. The van der Waals surface area contributed by atoms with Gasteiger partial charge in [0.15, 0.2) is 5.78 Å². The molecule has 0 fully saturated rings. The number of aliphatic carboxylic acids is 1. The van der Waals surface area contributed by atoms with E-state index in [0.717, 1.165) is 18.6 Å². The summed E-state index contributed by atoms with van der Waals surface area (Å²) in [5, 5.41) is 11.0.